The first-order chi connectivity index (χ1) is 8.24. The van der Waals surface area contributed by atoms with Crippen molar-refractivity contribution in [2.24, 2.45) is 5.92 Å². The lowest BCUT2D eigenvalue weighted by Crippen LogP contribution is -2.41. The first-order valence-electron chi connectivity index (χ1n) is 5.87. The van der Waals surface area contributed by atoms with Gasteiger partial charge < -0.3 is 10.1 Å². The minimum atomic E-state index is -0.384. The van der Waals surface area contributed by atoms with Gasteiger partial charge in [-0.1, -0.05) is 24.4 Å². The summed E-state index contributed by atoms with van der Waals surface area (Å²) in [4.78, 5) is 16.0. The molecular weight excluding hydrogens is 240 g/mol. The van der Waals surface area contributed by atoms with E-state index in [0.717, 1.165) is 12.8 Å². The number of carbonyl (C=O) groups is 1. The van der Waals surface area contributed by atoms with E-state index in [9.17, 15) is 4.79 Å². The van der Waals surface area contributed by atoms with Crippen molar-refractivity contribution >= 4 is 23.3 Å². The van der Waals surface area contributed by atoms with Crippen molar-refractivity contribution in [1.29, 1.82) is 0 Å². The number of fused-ring (bicyclic) bond motifs is 1. The average Bonchev–Trinajstić information content (AvgIpc) is 2.82. The highest BCUT2D eigenvalue weighted by Crippen LogP contribution is 2.36. The number of nitrogens with zero attached hydrogens (tertiary/aromatic N) is 1. The number of hydrogen-bond acceptors (Lipinski definition) is 3. The van der Waals surface area contributed by atoms with Crippen molar-refractivity contribution in [3.8, 4) is 5.75 Å². The predicted octanol–water partition coefficient (Wildman–Crippen LogP) is 2.62. The van der Waals surface area contributed by atoms with Crippen LogP contribution in [0.1, 0.15) is 25.7 Å². The van der Waals surface area contributed by atoms with Crippen LogP contribution in [0.5, 0.6) is 5.75 Å². The number of anilines is 1. The number of halogens is 1. The fourth-order valence-corrected chi connectivity index (χ4v) is 2.70. The zero-order valence-corrected chi connectivity index (χ0v) is 10.0. The Bertz CT molecular complexity index is 458. The Morgan fingerprint density at radius 1 is 1.41 bits per heavy atom. The molecule has 1 fully saturated rings. The number of amides is 1. The maximum atomic E-state index is 11.9. The highest BCUT2D eigenvalue weighted by atomic mass is 35.5. The van der Waals surface area contributed by atoms with Crippen LogP contribution < -0.4 is 10.1 Å². The lowest BCUT2D eigenvalue weighted by Gasteiger charge is -2.28. The van der Waals surface area contributed by atoms with Crippen LogP contribution in [0.2, 0.25) is 5.02 Å². The maximum Gasteiger partial charge on any atom is 0.266 e. The molecule has 0 aromatic carbocycles. The third kappa shape index (κ3) is 1.97. The summed E-state index contributed by atoms with van der Waals surface area (Å²) in [5, 5.41) is 3.30. The molecule has 1 atom stereocenters. The first kappa shape index (κ1) is 10.8. The van der Waals surface area contributed by atoms with Gasteiger partial charge in [-0.3, -0.25) is 4.79 Å². The summed E-state index contributed by atoms with van der Waals surface area (Å²) in [7, 11) is 0. The van der Waals surface area contributed by atoms with E-state index < -0.39 is 0 Å². The number of hydrogen-bond donors (Lipinski definition) is 1. The normalized spacial score (nSPS) is 24.1. The highest BCUT2D eigenvalue weighted by Gasteiger charge is 2.36. The molecule has 1 amide bonds. The van der Waals surface area contributed by atoms with Crippen LogP contribution in [-0.2, 0) is 4.79 Å². The van der Waals surface area contributed by atoms with Gasteiger partial charge in [0.25, 0.3) is 5.91 Å². The monoisotopic (exact) mass is 252 g/mol. The number of rotatable bonds is 1. The Labute approximate surface area is 104 Å². The largest absolute Gasteiger partial charge is 0.476 e. The van der Waals surface area contributed by atoms with Crippen LogP contribution in [-0.4, -0.2) is 17.0 Å². The quantitative estimate of drug-likeness (QED) is 0.836. The van der Waals surface area contributed by atoms with Crippen LogP contribution in [0.4, 0.5) is 5.82 Å². The van der Waals surface area contributed by atoms with E-state index >= 15 is 0 Å². The Hall–Kier alpha value is -1.29. The highest BCUT2D eigenvalue weighted by molar-refractivity contribution is 6.30. The summed E-state index contributed by atoms with van der Waals surface area (Å²) in [6.07, 6.45) is 5.59. The van der Waals surface area contributed by atoms with Gasteiger partial charge in [-0.05, 0) is 12.8 Å². The molecule has 1 unspecified atom stereocenters. The summed E-state index contributed by atoms with van der Waals surface area (Å²) < 4.78 is 5.75. The van der Waals surface area contributed by atoms with E-state index in [4.69, 9.17) is 16.3 Å². The fourth-order valence-electron chi connectivity index (χ4n) is 2.55. The molecule has 17 heavy (non-hydrogen) atoms. The fraction of sp³-hybridized carbons (Fsp3) is 0.500. The van der Waals surface area contributed by atoms with E-state index in [1.54, 1.807) is 6.07 Å². The summed E-state index contributed by atoms with van der Waals surface area (Å²) in [6, 6.07) is 1.70. The van der Waals surface area contributed by atoms with E-state index in [1.807, 2.05) is 0 Å². The van der Waals surface area contributed by atoms with Gasteiger partial charge in [-0.2, -0.15) is 0 Å². The van der Waals surface area contributed by atoms with Crippen molar-refractivity contribution in [3.05, 3.63) is 17.3 Å². The van der Waals surface area contributed by atoms with Crippen molar-refractivity contribution in [1.82, 2.24) is 4.98 Å². The van der Waals surface area contributed by atoms with Crippen molar-refractivity contribution < 1.29 is 9.53 Å². The van der Waals surface area contributed by atoms with Gasteiger partial charge in [-0.25, -0.2) is 4.98 Å². The van der Waals surface area contributed by atoms with E-state index in [0.29, 0.717) is 22.5 Å². The van der Waals surface area contributed by atoms with Crippen LogP contribution in [0.15, 0.2) is 12.3 Å². The second-order valence-corrected chi connectivity index (χ2v) is 5.01. The lowest BCUT2D eigenvalue weighted by atomic mass is 9.99. The molecule has 1 N–H and O–H groups in total. The Morgan fingerprint density at radius 3 is 2.94 bits per heavy atom. The molecule has 1 aliphatic carbocycles. The van der Waals surface area contributed by atoms with Crippen molar-refractivity contribution in [2.45, 2.75) is 31.8 Å². The minimum Gasteiger partial charge on any atom is -0.476 e. The standard InChI is InChI=1S/C12H13ClN2O2/c13-8-5-9-11(14-6-8)15-12(16)10(17-9)7-3-1-2-4-7/h5-7,10H,1-4H2,(H,14,15,16). The minimum absolute atomic E-state index is 0.0841. The molecule has 1 aromatic heterocycles. The lowest BCUT2D eigenvalue weighted by molar-refractivity contribution is -0.125. The predicted molar refractivity (Wildman–Crippen MR) is 64.3 cm³/mol. The van der Waals surface area contributed by atoms with Gasteiger partial charge in [-0.15, -0.1) is 0 Å². The second-order valence-electron chi connectivity index (χ2n) is 4.57. The number of carbonyl (C=O) groups excluding carboxylic acids is 1. The van der Waals surface area contributed by atoms with Gasteiger partial charge in [0.1, 0.15) is 0 Å². The molecular formula is C12H13ClN2O2. The molecule has 90 valence electrons. The van der Waals surface area contributed by atoms with Crippen LogP contribution >= 0.6 is 11.6 Å². The second kappa shape index (κ2) is 4.18. The molecule has 1 aromatic rings. The smallest absolute Gasteiger partial charge is 0.266 e. The maximum absolute atomic E-state index is 11.9. The van der Waals surface area contributed by atoms with Crippen LogP contribution in [0.25, 0.3) is 0 Å². The summed E-state index contributed by atoms with van der Waals surface area (Å²) in [5.74, 6) is 1.28. The number of ether oxygens (including phenoxy) is 1. The van der Waals surface area contributed by atoms with E-state index in [-0.39, 0.29) is 12.0 Å². The molecule has 0 bridgehead atoms. The van der Waals surface area contributed by atoms with Crippen LogP contribution in [0.3, 0.4) is 0 Å². The number of aromatic nitrogens is 1. The molecule has 5 heteroatoms. The Morgan fingerprint density at radius 2 is 2.18 bits per heavy atom. The van der Waals surface area contributed by atoms with Gasteiger partial charge in [0.05, 0.1) is 5.02 Å². The molecule has 0 radical (unpaired) electrons. The zero-order valence-electron chi connectivity index (χ0n) is 9.28. The summed E-state index contributed by atoms with van der Waals surface area (Å²) >= 11 is 5.87. The van der Waals surface area contributed by atoms with Crippen molar-refractivity contribution in [3.63, 3.8) is 0 Å². The molecule has 1 saturated carbocycles. The van der Waals surface area contributed by atoms with E-state index in [1.165, 1.54) is 19.0 Å². The van der Waals surface area contributed by atoms with Crippen LogP contribution in [0, 0.1) is 5.92 Å². The van der Waals surface area contributed by atoms with Gasteiger partial charge in [0, 0.05) is 18.2 Å². The van der Waals surface area contributed by atoms with Gasteiger partial charge in [0.2, 0.25) is 0 Å². The molecule has 2 heterocycles. The van der Waals surface area contributed by atoms with E-state index in [2.05, 4.69) is 10.3 Å². The molecule has 0 spiro atoms. The SMILES string of the molecule is O=C1Nc2ncc(Cl)cc2OC1C1CCCC1. The first-order valence-corrected chi connectivity index (χ1v) is 6.25. The Balaban J connectivity index is 1.88. The molecule has 4 nitrogen and oxygen atoms in total. The average molecular weight is 253 g/mol. The summed E-state index contributed by atoms with van der Waals surface area (Å²) in [6.45, 7) is 0. The third-order valence-corrected chi connectivity index (χ3v) is 3.61. The number of nitrogens with one attached hydrogen (secondary N) is 1. The van der Waals surface area contributed by atoms with Crippen molar-refractivity contribution in [2.75, 3.05) is 5.32 Å². The third-order valence-electron chi connectivity index (χ3n) is 3.40. The molecule has 3 rings (SSSR count). The molecule has 1 aliphatic heterocycles. The van der Waals surface area contributed by atoms with Gasteiger partial charge in [0.15, 0.2) is 17.7 Å². The summed E-state index contributed by atoms with van der Waals surface area (Å²) in [5.41, 5.74) is 0. The number of pyridine rings is 1. The van der Waals surface area contributed by atoms with Gasteiger partial charge >= 0.3 is 0 Å². The molecule has 0 saturated heterocycles. The Kier molecular flexibility index (Phi) is 2.67. The zero-order chi connectivity index (χ0) is 11.8. The topological polar surface area (TPSA) is 51.2 Å². The molecule has 2 aliphatic rings.